The lowest BCUT2D eigenvalue weighted by molar-refractivity contribution is -0.118. The van der Waals surface area contributed by atoms with Crippen LogP contribution in [0.15, 0.2) is 28.7 Å². The molecule has 112 valence electrons. The highest BCUT2D eigenvalue weighted by Crippen LogP contribution is 2.32. The molecule has 0 fully saturated rings. The Kier molecular flexibility index (Phi) is 6.90. The van der Waals surface area contributed by atoms with Gasteiger partial charge in [-0.15, -0.1) is 0 Å². The van der Waals surface area contributed by atoms with E-state index in [0.717, 1.165) is 22.9 Å². The highest BCUT2D eigenvalue weighted by atomic mass is 79.9. The second-order valence-electron chi connectivity index (χ2n) is 6.49. The van der Waals surface area contributed by atoms with E-state index in [9.17, 15) is 4.79 Å². The number of nitrogens with two attached hydrogens (primary N) is 1. The first-order chi connectivity index (χ1) is 9.34. The molecule has 0 amide bonds. The second kappa shape index (κ2) is 7.94. The van der Waals surface area contributed by atoms with Crippen molar-refractivity contribution in [2.24, 2.45) is 17.1 Å². The zero-order valence-corrected chi connectivity index (χ0v) is 14.4. The smallest absolute Gasteiger partial charge is 0.137 e. The Morgan fingerprint density at radius 3 is 2.45 bits per heavy atom. The van der Waals surface area contributed by atoms with Gasteiger partial charge in [-0.25, -0.2) is 0 Å². The molecule has 0 heterocycles. The van der Waals surface area contributed by atoms with Gasteiger partial charge < -0.3 is 5.73 Å². The molecule has 1 unspecified atom stereocenters. The van der Waals surface area contributed by atoms with Crippen molar-refractivity contribution in [3.8, 4) is 0 Å². The Hall–Kier alpha value is -0.670. The van der Waals surface area contributed by atoms with Gasteiger partial charge in [0, 0.05) is 17.3 Å². The van der Waals surface area contributed by atoms with Crippen molar-refractivity contribution in [2.75, 3.05) is 6.54 Å². The molecule has 0 aliphatic carbocycles. The monoisotopic (exact) mass is 339 g/mol. The molecule has 1 aromatic carbocycles. The van der Waals surface area contributed by atoms with Gasteiger partial charge in [0.05, 0.1) is 0 Å². The summed E-state index contributed by atoms with van der Waals surface area (Å²) in [5.74, 6) is 0.818. The first-order valence-electron chi connectivity index (χ1n) is 7.29. The van der Waals surface area contributed by atoms with E-state index >= 15 is 0 Å². The summed E-state index contributed by atoms with van der Waals surface area (Å²) in [6.07, 6.45) is 3.08. The number of hydrogen-bond donors (Lipinski definition) is 1. The fraction of sp³-hybridized carbons (Fsp3) is 0.588. The first-order valence-corrected chi connectivity index (χ1v) is 8.09. The van der Waals surface area contributed by atoms with E-state index in [2.05, 4.69) is 36.7 Å². The van der Waals surface area contributed by atoms with Crippen molar-refractivity contribution in [1.82, 2.24) is 0 Å². The van der Waals surface area contributed by atoms with E-state index in [0.29, 0.717) is 31.1 Å². The molecule has 0 bridgehead atoms. The standard InChI is InChI=1S/C17H26BrNO/c1-17(2,3)14(10-11-19)8-9-15(20)12-13-6-4-5-7-16(13)18/h4-7,14H,8-12,19H2,1-3H3. The van der Waals surface area contributed by atoms with Crippen molar-refractivity contribution in [3.63, 3.8) is 0 Å². The van der Waals surface area contributed by atoms with Gasteiger partial charge in [0.2, 0.25) is 0 Å². The highest BCUT2D eigenvalue weighted by Gasteiger charge is 2.24. The normalized spacial score (nSPS) is 13.2. The van der Waals surface area contributed by atoms with Crippen LogP contribution in [0.5, 0.6) is 0 Å². The van der Waals surface area contributed by atoms with Crippen molar-refractivity contribution in [3.05, 3.63) is 34.3 Å². The van der Waals surface area contributed by atoms with E-state index in [4.69, 9.17) is 5.73 Å². The number of carbonyl (C=O) groups excluding carboxylic acids is 1. The zero-order chi connectivity index (χ0) is 15.2. The molecular formula is C17H26BrNO. The highest BCUT2D eigenvalue weighted by molar-refractivity contribution is 9.10. The fourth-order valence-electron chi connectivity index (χ4n) is 2.49. The van der Waals surface area contributed by atoms with Gasteiger partial charge in [0.25, 0.3) is 0 Å². The zero-order valence-electron chi connectivity index (χ0n) is 12.8. The number of rotatable bonds is 7. The molecule has 0 aliphatic rings. The van der Waals surface area contributed by atoms with Crippen LogP contribution in [0.1, 0.15) is 45.6 Å². The van der Waals surface area contributed by atoms with Crippen LogP contribution >= 0.6 is 15.9 Å². The number of benzene rings is 1. The van der Waals surface area contributed by atoms with Crippen molar-refractivity contribution in [2.45, 2.75) is 46.5 Å². The Morgan fingerprint density at radius 2 is 1.90 bits per heavy atom. The van der Waals surface area contributed by atoms with Crippen LogP contribution in [-0.4, -0.2) is 12.3 Å². The molecule has 1 atom stereocenters. The maximum Gasteiger partial charge on any atom is 0.137 e. The van der Waals surface area contributed by atoms with Crippen LogP contribution in [0.3, 0.4) is 0 Å². The SMILES string of the molecule is CC(C)(C)C(CCN)CCC(=O)Cc1ccccc1Br. The van der Waals surface area contributed by atoms with Crippen molar-refractivity contribution in [1.29, 1.82) is 0 Å². The molecule has 1 aromatic rings. The molecule has 0 radical (unpaired) electrons. The predicted octanol–water partition coefficient (Wildman–Crippen LogP) is 4.35. The van der Waals surface area contributed by atoms with Gasteiger partial charge >= 0.3 is 0 Å². The molecule has 0 saturated heterocycles. The summed E-state index contributed by atoms with van der Waals surface area (Å²) in [4.78, 5) is 12.1. The summed E-state index contributed by atoms with van der Waals surface area (Å²) in [6.45, 7) is 7.38. The Morgan fingerprint density at radius 1 is 1.25 bits per heavy atom. The topological polar surface area (TPSA) is 43.1 Å². The summed E-state index contributed by atoms with van der Waals surface area (Å²) in [7, 11) is 0. The largest absolute Gasteiger partial charge is 0.330 e. The third kappa shape index (κ3) is 5.76. The lowest BCUT2D eigenvalue weighted by atomic mass is 9.76. The molecule has 1 rings (SSSR count). The summed E-state index contributed by atoms with van der Waals surface area (Å²) in [5.41, 5.74) is 6.97. The van der Waals surface area contributed by atoms with E-state index in [1.807, 2.05) is 24.3 Å². The number of Topliss-reactive ketones (excluding diaryl/α,β-unsaturated/α-hetero) is 1. The van der Waals surface area contributed by atoms with E-state index < -0.39 is 0 Å². The predicted molar refractivity (Wildman–Crippen MR) is 88.7 cm³/mol. The summed E-state index contributed by atoms with van der Waals surface area (Å²) >= 11 is 3.49. The van der Waals surface area contributed by atoms with E-state index in [1.54, 1.807) is 0 Å². The molecule has 0 spiro atoms. The quantitative estimate of drug-likeness (QED) is 0.802. The molecule has 20 heavy (non-hydrogen) atoms. The lowest BCUT2D eigenvalue weighted by Crippen LogP contribution is -2.24. The van der Waals surface area contributed by atoms with Crippen LogP contribution in [-0.2, 0) is 11.2 Å². The number of hydrogen-bond acceptors (Lipinski definition) is 2. The van der Waals surface area contributed by atoms with E-state index in [-0.39, 0.29) is 5.41 Å². The van der Waals surface area contributed by atoms with Gasteiger partial charge in [-0.05, 0) is 42.3 Å². The van der Waals surface area contributed by atoms with Crippen LogP contribution in [0.4, 0.5) is 0 Å². The molecular weight excluding hydrogens is 314 g/mol. The first kappa shape index (κ1) is 17.4. The van der Waals surface area contributed by atoms with Gasteiger partial charge in [-0.1, -0.05) is 54.9 Å². The molecule has 0 aliphatic heterocycles. The maximum atomic E-state index is 12.1. The van der Waals surface area contributed by atoms with Gasteiger partial charge in [-0.3, -0.25) is 4.79 Å². The van der Waals surface area contributed by atoms with Crippen LogP contribution < -0.4 is 5.73 Å². The average Bonchev–Trinajstić information content (AvgIpc) is 2.36. The Balaban J connectivity index is 2.52. The van der Waals surface area contributed by atoms with Gasteiger partial charge in [0.15, 0.2) is 0 Å². The summed E-state index contributed by atoms with van der Waals surface area (Å²) < 4.78 is 1.02. The fourth-order valence-corrected chi connectivity index (χ4v) is 2.91. The van der Waals surface area contributed by atoms with Crippen molar-refractivity contribution >= 4 is 21.7 Å². The minimum Gasteiger partial charge on any atom is -0.330 e. The number of halogens is 1. The molecule has 0 aromatic heterocycles. The Bertz CT molecular complexity index is 437. The minimum absolute atomic E-state index is 0.215. The second-order valence-corrected chi connectivity index (χ2v) is 7.34. The number of carbonyl (C=O) groups is 1. The van der Waals surface area contributed by atoms with Crippen LogP contribution in [0.25, 0.3) is 0 Å². The van der Waals surface area contributed by atoms with E-state index in [1.165, 1.54) is 0 Å². The van der Waals surface area contributed by atoms with Crippen molar-refractivity contribution < 1.29 is 4.79 Å². The molecule has 2 N–H and O–H groups in total. The Labute approximate surface area is 131 Å². The van der Waals surface area contributed by atoms with Gasteiger partial charge in [-0.2, -0.15) is 0 Å². The molecule has 0 saturated carbocycles. The van der Waals surface area contributed by atoms with Gasteiger partial charge in [0.1, 0.15) is 5.78 Å². The third-order valence-electron chi connectivity index (χ3n) is 3.86. The summed E-state index contributed by atoms with van der Waals surface area (Å²) in [5, 5.41) is 0. The summed E-state index contributed by atoms with van der Waals surface area (Å²) in [6, 6.07) is 7.92. The minimum atomic E-state index is 0.215. The van der Waals surface area contributed by atoms with Crippen LogP contribution in [0, 0.1) is 11.3 Å². The maximum absolute atomic E-state index is 12.1. The number of ketones is 1. The lowest BCUT2D eigenvalue weighted by Gasteiger charge is -2.30. The third-order valence-corrected chi connectivity index (χ3v) is 4.63. The van der Waals surface area contributed by atoms with Crippen LogP contribution in [0.2, 0.25) is 0 Å². The molecule has 3 heteroatoms. The molecule has 2 nitrogen and oxygen atoms in total. The average molecular weight is 340 g/mol.